The van der Waals surface area contributed by atoms with Gasteiger partial charge in [0.05, 0.1) is 12.1 Å². The van der Waals surface area contributed by atoms with E-state index in [0.717, 1.165) is 6.07 Å². The molecule has 26 heavy (non-hydrogen) atoms. The SMILES string of the molecule is O=C(O)c1cccc(C(F)(F)c2ccc(Cn3ccccc3=O)cc2)c1. The summed E-state index contributed by atoms with van der Waals surface area (Å²) in [7, 11) is 0. The number of aromatic carboxylic acids is 1. The topological polar surface area (TPSA) is 59.3 Å². The summed E-state index contributed by atoms with van der Waals surface area (Å²) in [4.78, 5) is 22.7. The average Bonchev–Trinajstić information content (AvgIpc) is 2.64. The van der Waals surface area contributed by atoms with Crippen molar-refractivity contribution in [2.45, 2.75) is 12.5 Å². The molecule has 1 heterocycles. The van der Waals surface area contributed by atoms with E-state index < -0.39 is 11.9 Å². The molecule has 2 aromatic carbocycles. The fourth-order valence-electron chi connectivity index (χ4n) is 2.62. The van der Waals surface area contributed by atoms with Crippen molar-refractivity contribution in [2.75, 3.05) is 0 Å². The van der Waals surface area contributed by atoms with Crippen LogP contribution in [0.3, 0.4) is 0 Å². The van der Waals surface area contributed by atoms with E-state index in [0.29, 0.717) is 5.56 Å². The fraction of sp³-hybridized carbons (Fsp3) is 0.100. The number of benzene rings is 2. The number of rotatable bonds is 5. The molecular weight excluding hydrogens is 340 g/mol. The highest BCUT2D eigenvalue weighted by molar-refractivity contribution is 5.87. The highest BCUT2D eigenvalue weighted by atomic mass is 19.3. The van der Waals surface area contributed by atoms with Gasteiger partial charge in [-0.15, -0.1) is 0 Å². The van der Waals surface area contributed by atoms with Gasteiger partial charge in [0.1, 0.15) is 0 Å². The van der Waals surface area contributed by atoms with E-state index in [1.165, 1.54) is 53.1 Å². The summed E-state index contributed by atoms with van der Waals surface area (Å²) >= 11 is 0. The molecule has 0 bridgehead atoms. The van der Waals surface area contributed by atoms with Crippen LogP contribution in [0.2, 0.25) is 0 Å². The van der Waals surface area contributed by atoms with E-state index in [4.69, 9.17) is 5.11 Å². The first kappa shape index (κ1) is 17.5. The molecule has 0 fully saturated rings. The van der Waals surface area contributed by atoms with Gasteiger partial charge in [0.25, 0.3) is 11.5 Å². The second kappa shape index (κ2) is 6.92. The van der Waals surface area contributed by atoms with Crippen molar-refractivity contribution in [3.05, 3.63) is 106 Å². The smallest absolute Gasteiger partial charge is 0.335 e. The first-order valence-electron chi connectivity index (χ1n) is 7.84. The summed E-state index contributed by atoms with van der Waals surface area (Å²) in [6.45, 7) is 0.278. The number of halogens is 2. The third-order valence-corrected chi connectivity index (χ3v) is 4.04. The van der Waals surface area contributed by atoms with Crippen LogP contribution in [-0.2, 0) is 12.5 Å². The Balaban J connectivity index is 1.87. The molecule has 1 N–H and O–H groups in total. The van der Waals surface area contributed by atoms with Crippen molar-refractivity contribution < 1.29 is 18.7 Å². The quantitative estimate of drug-likeness (QED) is 0.759. The van der Waals surface area contributed by atoms with Gasteiger partial charge in [-0.25, -0.2) is 4.79 Å². The number of hydrogen-bond acceptors (Lipinski definition) is 2. The van der Waals surface area contributed by atoms with Crippen LogP contribution >= 0.6 is 0 Å². The van der Waals surface area contributed by atoms with Crippen LogP contribution in [0.4, 0.5) is 8.78 Å². The maximum atomic E-state index is 14.7. The van der Waals surface area contributed by atoms with E-state index in [-0.39, 0.29) is 28.8 Å². The molecule has 0 aliphatic rings. The molecule has 0 amide bonds. The van der Waals surface area contributed by atoms with Gasteiger partial charge >= 0.3 is 5.97 Å². The molecule has 0 saturated heterocycles. The lowest BCUT2D eigenvalue weighted by Crippen LogP contribution is -2.19. The molecule has 132 valence electrons. The number of carbonyl (C=O) groups is 1. The second-order valence-electron chi connectivity index (χ2n) is 5.82. The number of hydrogen-bond donors (Lipinski definition) is 1. The average molecular weight is 355 g/mol. The molecule has 0 spiro atoms. The molecule has 3 aromatic rings. The van der Waals surface area contributed by atoms with E-state index in [2.05, 4.69) is 0 Å². The van der Waals surface area contributed by atoms with Gasteiger partial charge < -0.3 is 9.67 Å². The minimum absolute atomic E-state index is 0.174. The summed E-state index contributed by atoms with van der Waals surface area (Å²) in [6, 6.07) is 15.2. The predicted molar refractivity (Wildman–Crippen MR) is 92.6 cm³/mol. The van der Waals surface area contributed by atoms with Crippen molar-refractivity contribution in [3.63, 3.8) is 0 Å². The molecule has 0 saturated carbocycles. The van der Waals surface area contributed by atoms with Crippen molar-refractivity contribution in [2.24, 2.45) is 0 Å². The summed E-state index contributed by atoms with van der Waals surface area (Å²) < 4.78 is 30.9. The molecule has 0 radical (unpaired) electrons. The zero-order valence-electron chi connectivity index (χ0n) is 13.6. The first-order chi connectivity index (χ1) is 12.4. The zero-order chi connectivity index (χ0) is 18.7. The summed E-state index contributed by atoms with van der Waals surface area (Å²) in [5.74, 6) is -4.58. The van der Waals surface area contributed by atoms with Gasteiger partial charge in [0, 0.05) is 23.4 Å². The maximum Gasteiger partial charge on any atom is 0.335 e. The Hall–Kier alpha value is -3.28. The minimum Gasteiger partial charge on any atom is -0.478 e. The number of carboxylic acid groups (broad SMARTS) is 1. The lowest BCUT2D eigenvalue weighted by atomic mass is 9.97. The molecule has 0 atom stereocenters. The Kier molecular flexibility index (Phi) is 4.67. The van der Waals surface area contributed by atoms with Crippen LogP contribution < -0.4 is 5.56 Å². The Morgan fingerprint density at radius 2 is 1.69 bits per heavy atom. The normalized spacial score (nSPS) is 11.3. The van der Waals surface area contributed by atoms with E-state index in [1.807, 2.05) is 0 Å². The highest BCUT2D eigenvalue weighted by Gasteiger charge is 2.34. The predicted octanol–water partition coefficient (Wildman–Crippen LogP) is 3.73. The van der Waals surface area contributed by atoms with Gasteiger partial charge in [-0.1, -0.05) is 42.5 Å². The summed E-state index contributed by atoms with van der Waals surface area (Å²) in [5, 5.41) is 8.97. The molecule has 4 nitrogen and oxygen atoms in total. The Morgan fingerprint density at radius 1 is 0.962 bits per heavy atom. The van der Waals surface area contributed by atoms with Gasteiger partial charge in [0.2, 0.25) is 0 Å². The van der Waals surface area contributed by atoms with Crippen molar-refractivity contribution >= 4 is 5.97 Å². The number of alkyl halides is 2. The lowest BCUT2D eigenvalue weighted by molar-refractivity contribution is 0.0427. The first-order valence-corrected chi connectivity index (χ1v) is 7.84. The van der Waals surface area contributed by atoms with Crippen LogP contribution in [0.15, 0.2) is 77.7 Å². The molecular formula is C20H15F2NO3. The van der Waals surface area contributed by atoms with E-state index in [1.54, 1.807) is 18.3 Å². The van der Waals surface area contributed by atoms with Crippen LogP contribution in [0, 0.1) is 0 Å². The Bertz CT molecular complexity index is 994. The van der Waals surface area contributed by atoms with Crippen LogP contribution in [0.5, 0.6) is 0 Å². The maximum absolute atomic E-state index is 14.7. The van der Waals surface area contributed by atoms with Crippen LogP contribution in [0.25, 0.3) is 0 Å². The zero-order valence-corrected chi connectivity index (χ0v) is 13.6. The number of aromatic nitrogens is 1. The van der Waals surface area contributed by atoms with Crippen molar-refractivity contribution in [1.82, 2.24) is 4.57 Å². The second-order valence-corrected chi connectivity index (χ2v) is 5.82. The number of carboxylic acids is 1. The highest BCUT2D eigenvalue weighted by Crippen LogP contribution is 2.36. The Labute approximate surface area is 148 Å². The molecule has 6 heteroatoms. The van der Waals surface area contributed by atoms with Gasteiger partial charge in [-0.05, 0) is 23.8 Å². The molecule has 0 unspecified atom stereocenters. The van der Waals surface area contributed by atoms with E-state index in [9.17, 15) is 18.4 Å². The standard InChI is InChI=1S/C20H15F2NO3/c21-20(22,17-5-3-4-15(12-17)19(25)26)16-9-7-14(8-10-16)13-23-11-2-1-6-18(23)24/h1-12H,13H2,(H,25,26). The van der Waals surface area contributed by atoms with Crippen molar-refractivity contribution in [3.8, 4) is 0 Å². The van der Waals surface area contributed by atoms with Gasteiger partial charge in [0.15, 0.2) is 0 Å². The Morgan fingerprint density at radius 3 is 2.35 bits per heavy atom. The van der Waals surface area contributed by atoms with Gasteiger partial charge in [-0.2, -0.15) is 8.78 Å². The summed E-state index contributed by atoms with van der Waals surface area (Å²) in [6.07, 6.45) is 1.63. The largest absolute Gasteiger partial charge is 0.478 e. The van der Waals surface area contributed by atoms with E-state index >= 15 is 0 Å². The van der Waals surface area contributed by atoms with Gasteiger partial charge in [-0.3, -0.25) is 4.79 Å². The number of nitrogens with zero attached hydrogens (tertiary/aromatic N) is 1. The lowest BCUT2D eigenvalue weighted by Gasteiger charge is -2.18. The minimum atomic E-state index is -3.33. The molecule has 0 aliphatic carbocycles. The third-order valence-electron chi connectivity index (χ3n) is 4.04. The third kappa shape index (κ3) is 3.54. The van der Waals surface area contributed by atoms with Crippen LogP contribution in [0.1, 0.15) is 27.0 Å². The fourth-order valence-corrected chi connectivity index (χ4v) is 2.62. The van der Waals surface area contributed by atoms with Crippen molar-refractivity contribution in [1.29, 1.82) is 0 Å². The molecule has 0 aliphatic heterocycles. The summed E-state index contributed by atoms with van der Waals surface area (Å²) in [5.41, 5.74) is -0.291. The van der Waals surface area contributed by atoms with Crippen LogP contribution in [-0.4, -0.2) is 15.6 Å². The molecule has 3 rings (SSSR count). The monoisotopic (exact) mass is 355 g/mol. The molecule has 1 aromatic heterocycles. The number of pyridine rings is 1.